The van der Waals surface area contributed by atoms with E-state index >= 15 is 0 Å². The Kier molecular flexibility index (Phi) is 6.21. The predicted molar refractivity (Wildman–Crippen MR) is 113 cm³/mol. The largest absolute Gasteiger partial charge is 0.372 e. The second-order valence-corrected chi connectivity index (χ2v) is 9.15. The predicted octanol–water partition coefficient (Wildman–Crippen LogP) is 4.44. The fourth-order valence-electron chi connectivity index (χ4n) is 4.31. The van der Waals surface area contributed by atoms with Crippen LogP contribution in [0.3, 0.4) is 0 Å². The zero-order valence-corrected chi connectivity index (χ0v) is 17.4. The number of nitrogens with one attached hydrogen (secondary N) is 2. The first-order valence-corrected chi connectivity index (χ1v) is 10.0. The van der Waals surface area contributed by atoms with E-state index < -0.39 is 0 Å². The van der Waals surface area contributed by atoms with Gasteiger partial charge in [0.1, 0.15) is 0 Å². The molecule has 4 nitrogen and oxygen atoms in total. The van der Waals surface area contributed by atoms with Gasteiger partial charge in [-0.25, -0.2) is 0 Å². The normalized spacial score (nSPS) is 18.6. The molecule has 150 valence electrons. The average molecular weight is 381 g/mol. The third kappa shape index (κ3) is 5.91. The summed E-state index contributed by atoms with van der Waals surface area (Å²) in [5.74, 6) is -0.00439. The first-order chi connectivity index (χ1) is 13.2. The Morgan fingerprint density at radius 1 is 0.929 bits per heavy atom. The van der Waals surface area contributed by atoms with E-state index in [4.69, 9.17) is 4.74 Å². The lowest BCUT2D eigenvalue weighted by Gasteiger charge is -2.46. The molecule has 28 heavy (non-hydrogen) atoms. The molecule has 2 aromatic rings. The van der Waals surface area contributed by atoms with Crippen LogP contribution in [0, 0.1) is 0 Å². The van der Waals surface area contributed by atoms with E-state index in [-0.39, 0.29) is 23.0 Å². The Morgan fingerprint density at radius 3 is 2.04 bits per heavy atom. The van der Waals surface area contributed by atoms with Gasteiger partial charge in [-0.3, -0.25) is 4.79 Å². The summed E-state index contributed by atoms with van der Waals surface area (Å²) >= 11 is 0. The molecule has 0 spiro atoms. The lowest BCUT2D eigenvalue weighted by molar-refractivity contribution is 0.0872. The van der Waals surface area contributed by atoms with Gasteiger partial charge in [-0.1, -0.05) is 42.5 Å². The van der Waals surface area contributed by atoms with E-state index in [1.165, 1.54) is 0 Å². The van der Waals surface area contributed by atoms with E-state index in [2.05, 4.69) is 50.5 Å². The summed E-state index contributed by atoms with van der Waals surface area (Å²) in [5.41, 5.74) is 2.95. The topological polar surface area (TPSA) is 50.4 Å². The van der Waals surface area contributed by atoms with Gasteiger partial charge in [0.05, 0.1) is 13.2 Å². The number of rotatable bonds is 6. The van der Waals surface area contributed by atoms with Crippen molar-refractivity contribution in [1.29, 1.82) is 0 Å². The molecule has 0 bridgehead atoms. The maximum absolute atomic E-state index is 12.7. The Morgan fingerprint density at radius 2 is 1.46 bits per heavy atom. The molecule has 0 aromatic heterocycles. The highest BCUT2D eigenvalue weighted by Crippen LogP contribution is 2.28. The smallest absolute Gasteiger partial charge is 0.251 e. The molecule has 2 N–H and O–H groups in total. The maximum atomic E-state index is 12.7. The van der Waals surface area contributed by atoms with Crippen LogP contribution >= 0.6 is 0 Å². The van der Waals surface area contributed by atoms with Crippen LogP contribution in [0.4, 0.5) is 0 Å². The minimum absolute atomic E-state index is 0.00439. The fraction of sp³-hybridized carbons (Fsp3) is 0.458. The molecule has 3 rings (SSSR count). The number of benzene rings is 2. The SMILES string of the molecule is CC1(C)CC(NC(=O)c2ccc(COCc3ccccc3)cc2)CC(C)(C)N1. The number of hydrogen-bond donors (Lipinski definition) is 2. The first kappa shape index (κ1) is 20.6. The monoisotopic (exact) mass is 380 g/mol. The van der Waals surface area contributed by atoms with Gasteiger partial charge in [0.2, 0.25) is 0 Å². The number of carbonyl (C=O) groups is 1. The van der Waals surface area contributed by atoms with Crippen molar-refractivity contribution in [3.8, 4) is 0 Å². The number of piperidine rings is 1. The number of ether oxygens (including phenoxy) is 1. The summed E-state index contributed by atoms with van der Waals surface area (Å²) < 4.78 is 5.77. The van der Waals surface area contributed by atoms with Gasteiger partial charge < -0.3 is 15.4 Å². The van der Waals surface area contributed by atoms with Crippen molar-refractivity contribution in [2.24, 2.45) is 0 Å². The van der Waals surface area contributed by atoms with E-state index in [0.29, 0.717) is 18.8 Å². The van der Waals surface area contributed by atoms with E-state index in [0.717, 1.165) is 24.0 Å². The molecule has 0 atom stereocenters. The van der Waals surface area contributed by atoms with Crippen LogP contribution < -0.4 is 10.6 Å². The lowest BCUT2D eigenvalue weighted by atomic mass is 9.79. The van der Waals surface area contributed by atoms with Gasteiger partial charge in [-0.15, -0.1) is 0 Å². The van der Waals surface area contributed by atoms with Crippen molar-refractivity contribution in [2.45, 2.75) is 70.9 Å². The van der Waals surface area contributed by atoms with E-state index in [9.17, 15) is 4.79 Å². The van der Waals surface area contributed by atoms with Crippen molar-refractivity contribution in [3.63, 3.8) is 0 Å². The molecule has 1 amide bonds. The van der Waals surface area contributed by atoms with Crippen molar-refractivity contribution in [1.82, 2.24) is 10.6 Å². The van der Waals surface area contributed by atoms with Gasteiger partial charge in [0, 0.05) is 22.7 Å². The zero-order chi connectivity index (χ0) is 20.2. The molecule has 1 fully saturated rings. The molecule has 4 heteroatoms. The van der Waals surface area contributed by atoms with Crippen molar-refractivity contribution in [3.05, 3.63) is 71.3 Å². The third-order valence-corrected chi connectivity index (χ3v) is 5.12. The van der Waals surface area contributed by atoms with Crippen LogP contribution in [-0.4, -0.2) is 23.0 Å². The fourth-order valence-corrected chi connectivity index (χ4v) is 4.31. The summed E-state index contributed by atoms with van der Waals surface area (Å²) in [6.45, 7) is 9.89. The Labute approximate surface area is 168 Å². The zero-order valence-electron chi connectivity index (χ0n) is 17.4. The standard InChI is InChI=1S/C24H32N2O2/c1-23(2)14-21(15-24(3,4)26-23)25-22(27)20-12-10-19(11-13-20)17-28-16-18-8-6-5-7-9-18/h5-13,21,26H,14-17H2,1-4H3,(H,25,27). The first-order valence-electron chi connectivity index (χ1n) is 10.0. The van der Waals surface area contributed by atoms with Crippen LogP contribution in [0.1, 0.15) is 62.0 Å². The maximum Gasteiger partial charge on any atom is 0.251 e. The van der Waals surface area contributed by atoms with Crippen molar-refractivity contribution >= 4 is 5.91 Å². The summed E-state index contributed by atoms with van der Waals surface area (Å²) in [5, 5.41) is 6.87. The highest BCUT2D eigenvalue weighted by molar-refractivity contribution is 5.94. The summed E-state index contributed by atoms with van der Waals surface area (Å²) in [7, 11) is 0. The van der Waals surface area contributed by atoms with Crippen LogP contribution in [0.25, 0.3) is 0 Å². The molecule has 0 unspecified atom stereocenters. The highest BCUT2D eigenvalue weighted by atomic mass is 16.5. The minimum atomic E-state index is -0.00439. The molecule has 0 saturated carbocycles. The number of amides is 1. The van der Waals surface area contributed by atoms with Gasteiger partial charge in [0.25, 0.3) is 5.91 Å². The average Bonchev–Trinajstić information content (AvgIpc) is 2.60. The van der Waals surface area contributed by atoms with Crippen LogP contribution in [-0.2, 0) is 18.0 Å². The third-order valence-electron chi connectivity index (χ3n) is 5.12. The molecule has 1 saturated heterocycles. The lowest BCUT2D eigenvalue weighted by Crippen LogP contribution is -2.62. The summed E-state index contributed by atoms with van der Waals surface area (Å²) in [6.07, 6.45) is 1.85. The number of carbonyl (C=O) groups excluding carboxylic acids is 1. The molecular weight excluding hydrogens is 348 g/mol. The summed E-state index contributed by atoms with van der Waals surface area (Å²) in [6, 6.07) is 18.0. The number of hydrogen-bond acceptors (Lipinski definition) is 3. The van der Waals surface area contributed by atoms with Crippen molar-refractivity contribution in [2.75, 3.05) is 0 Å². The Bertz CT molecular complexity index is 766. The molecule has 2 aromatic carbocycles. The van der Waals surface area contributed by atoms with E-state index in [1.54, 1.807) is 0 Å². The van der Waals surface area contributed by atoms with Gasteiger partial charge >= 0.3 is 0 Å². The van der Waals surface area contributed by atoms with Gasteiger partial charge in [-0.05, 0) is 63.8 Å². The van der Waals surface area contributed by atoms with Crippen LogP contribution in [0.5, 0.6) is 0 Å². The second-order valence-electron chi connectivity index (χ2n) is 9.15. The Balaban J connectivity index is 1.52. The molecule has 0 aliphatic carbocycles. The molecule has 1 aliphatic heterocycles. The molecule has 0 radical (unpaired) electrons. The molecule has 1 aliphatic rings. The van der Waals surface area contributed by atoms with Crippen LogP contribution in [0.2, 0.25) is 0 Å². The Hall–Kier alpha value is -2.17. The van der Waals surface area contributed by atoms with Crippen LogP contribution in [0.15, 0.2) is 54.6 Å². The minimum Gasteiger partial charge on any atom is -0.372 e. The summed E-state index contributed by atoms with van der Waals surface area (Å²) in [4.78, 5) is 12.7. The van der Waals surface area contributed by atoms with Gasteiger partial charge in [-0.2, -0.15) is 0 Å². The second kappa shape index (κ2) is 8.46. The molecular formula is C24H32N2O2. The molecule has 1 heterocycles. The van der Waals surface area contributed by atoms with Crippen molar-refractivity contribution < 1.29 is 9.53 Å². The highest BCUT2D eigenvalue weighted by Gasteiger charge is 2.38. The van der Waals surface area contributed by atoms with Gasteiger partial charge in [0.15, 0.2) is 0 Å². The van der Waals surface area contributed by atoms with E-state index in [1.807, 2.05) is 42.5 Å². The quantitative estimate of drug-likeness (QED) is 0.779.